The van der Waals surface area contributed by atoms with Crippen molar-refractivity contribution < 1.29 is 0 Å². The molecule has 0 aliphatic carbocycles. The summed E-state index contributed by atoms with van der Waals surface area (Å²) in [5, 5.41) is 9.67. The van der Waals surface area contributed by atoms with E-state index in [4.69, 9.17) is 0 Å². The molecule has 0 aliphatic rings. The van der Waals surface area contributed by atoms with Gasteiger partial charge in [-0.3, -0.25) is 0 Å². The van der Waals surface area contributed by atoms with Crippen LogP contribution >= 0.6 is 11.3 Å². The molecule has 2 nitrogen and oxygen atoms in total. The minimum atomic E-state index is 0.997. The molecule has 0 saturated heterocycles. The minimum absolute atomic E-state index is 0.997. The molecule has 0 spiro atoms. The van der Waals surface area contributed by atoms with E-state index in [0.717, 1.165) is 13.1 Å². The molecular formula is C7H12N2S. The van der Waals surface area contributed by atoms with Crippen LogP contribution in [-0.2, 0) is 0 Å². The van der Waals surface area contributed by atoms with E-state index in [2.05, 4.69) is 22.1 Å². The summed E-state index contributed by atoms with van der Waals surface area (Å²) >= 11 is 1.73. The van der Waals surface area contributed by atoms with Crippen LogP contribution in [0.5, 0.6) is 0 Å². The fourth-order valence-electron chi connectivity index (χ4n) is 0.690. The number of likely N-dealkylation sites (N-methyl/N-ethyl adjacent to an activating group) is 1. The molecule has 10 heavy (non-hydrogen) atoms. The van der Waals surface area contributed by atoms with Gasteiger partial charge in [0.25, 0.3) is 0 Å². The zero-order valence-corrected chi connectivity index (χ0v) is 6.87. The summed E-state index contributed by atoms with van der Waals surface area (Å²) in [6, 6.07) is 4.13. The van der Waals surface area contributed by atoms with Gasteiger partial charge in [-0.25, -0.2) is 0 Å². The molecule has 0 radical (unpaired) electrons. The number of anilines is 1. The highest BCUT2D eigenvalue weighted by Gasteiger charge is 1.87. The SMILES string of the molecule is CNCCNc1cccs1. The van der Waals surface area contributed by atoms with Crippen molar-refractivity contribution in [2.45, 2.75) is 0 Å². The Morgan fingerprint density at radius 1 is 1.50 bits per heavy atom. The Morgan fingerprint density at radius 3 is 3.00 bits per heavy atom. The summed E-state index contributed by atoms with van der Waals surface area (Å²) in [7, 11) is 1.95. The highest BCUT2D eigenvalue weighted by molar-refractivity contribution is 7.14. The molecular weight excluding hydrogens is 144 g/mol. The second-order valence-electron chi connectivity index (χ2n) is 2.01. The Morgan fingerprint density at radius 2 is 2.40 bits per heavy atom. The Balaban J connectivity index is 2.15. The van der Waals surface area contributed by atoms with Crippen LogP contribution in [0.15, 0.2) is 17.5 Å². The van der Waals surface area contributed by atoms with E-state index >= 15 is 0 Å². The summed E-state index contributed by atoms with van der Waals surface area (Å²) < 4.78 is 0. The van der Waals surface area contributed by atoms with Gasteiger partial charge in [-0.2, -0.15) is 0 Å². The van der Waals surface area contributed by atoms with Gasteiger partial charge in [0.05, 0.1) is 5.00 Å². The Hall–Kier alpha value is -0.540. The lowest BCUT2D eigenvalue weighted by Gasteiger charge is -2.00. The molecule has 1 heterocycles. The van der Waals surface area contributed by atoms with Gasteiger partial charge in [0.2, 0.25) is 0 Å². The van der Waals surface area contributed by atoms with Crippen LogP contribution in [0.25, 0.3) is 0 Å². The number of thiophene rings is 1. The van der Waals surface area contributed by atoms with Crippen LogP contribution < -0.4 is 10.6 Å². The van der Waals surface area contributed by atoms with Gasteiger partial charge < -0.3 is 10.6 Å². The predicted molar refractivity (Wildman–Crippen MR) is 46.7 cm³/mol. The molecule has 0 atom stereocenters. The molecule has 2 N–H and O–H groups in total. The van der Waals surface area contributed by atoms with Gasteiger partial charge in [-0.1, -0.05) is 0 Å². The van der Waals surface area contributed by atoms with E-state index in [1.807, 2.05) is 13.1 Å². The molecule has 0 unspecified atom stereocenters. The van der Waals surface area contributed by atoms with Crippen LogP contribution in [0, 0.1) is 0 Å². The second-order valence-corrected chi connectivity index (χ2v) is 2.96. The van der Waals surface area contributed by atoms with Crippen molar-refractivity contribution in [3.05, 3.63) is 17.5 Å². The standard InChI is InChI=1S/C7H12N2S/c1-8-4-5-9-7-3-2-6-10-7/h2-3,6,8-9H,4-5H2,1H3. The van der Waals surface area contributed by atoms with Crippen molar-refractivity contribution >= 4 is 16.3 Å². The zero-order chi connectivity index (χ0) is 7.23. The Bertz CT molecular complexity index is 160. The first-order valence-electron chi connectivity index (χ1n) is 3.35. The van der Waals surface area contributed by atoms with Gasteiger partial charge in [0.15, 0.2) is 0 Å². The molecule has 1 aromatic rings. The average Bonchev–Trinajstić information content (AvgIpc) is 2.41. The Kier molecular flexibility index (Phi) is 3.26. The van der Waals surface area contributed by atoms with Crippen molar-refractivity contribution in [3.8, 4) is 0 Å². The molecule has 1 aromatic heterocycles. The van der Waals surface area contributed by atoms with E-state index in [-0.39, 0.29) is 0 Å². The van der Waals surface area contributed by atoms with Crippen LogP contribution in [-0.4, -0.2) is 20.1 Å². The zero-order valence-electron chi connectivity index (χ0n) is 6.05. The van der Waals surface area contributed by atoms with E-state index < -0.39 is 0 Å². The normalized spacial score (nSPS) is 9.70. The first-order chi connectivity index (χ1) is 4.93. The first-order valence-corrected chi connectivity index (χ1v) is 4.23. The fraction of sp³-hybridized carbons (Fsp3) is 0.429. The highest BCUT2D eigenvalue weighted by atomic mass is 32.1. The number of rotatable bonds is 4. The molecule has 56 valence electrons. The smallest absolute Gasteiger partial charge is 0.0882 e. The van der Waals surface area contributed by atoms with E-state index in [1.54, 1.807) is 11.3 Å². The van der Waals surface area contributed by atoms with E-state index in [0.29, 0.717) is 0 Å². The monoisotopic (exact) mass is 156 g/mol. The maximum atomic E-state index is 3.28. The lowest BCUT2D eigenvalue weighted by atomic mass is 10.6. The summed E-state index contributed by atoms with van der Waals surface area (Å²) in [6.45, 7) is 2.01. The van der Waals surface area contributed by atoms with E-state index in [1.165, 1.54) is 5.00 Å². The molecule has 0 saturated carbocycles. The van der Waals surface area contributed by atoms with E-state index in [9.17, 15) is 0 Å². The summed E-state index contributed by atoms with van der Waals surface area (Å²) in [5.74, 6) is 0. The number of hydrogen-bond acceptors (Lipinski definition) is 3. The summed E-state index contributed by atoms with van der Waals surface area (Å²) in [5.41, 5.74) is 0. The van der Waals surface area contributed by atoms with Crippen molar-refractivity contribution in [1.82, 2.24) is 5.32 Å². The lowest BCUT2D eigenvalue weighted by Crippen LogP contribution is -2.17. The molecule has 0 bridgehead atoms. The molecule has 0 fully saturated rings. The van der Waals surface area contributed by atoms with Crippen molar-refractivity contribution in [2.75, 3.05) is 25.5 Å². The third-order valence-electron chi connectivity index (χ3n) is 1.20. The fourth-order valence-corrected chi connectivity index (χ4v) is 1.34. The van der Waals surface area contributed by atoms with Crippen LogP contribution in [0.1, 0.15) is 0 Å². The molecule has 0 aliphatic heterocycles. The van der Waals surface area contributed by atoms with Gasteiger partial charge in [-0.15, -0.1) is 11.3 Å². The number of hydrogen-bond donors (Lipinski definition) is 2. The average molecular weight is 156 g/mol. The van der Waals surface area contributed by atoms with Gasteiger partial charge >= 0.3 is 0 Å². The van der Waals surface area contributed by atoms with Gasteiger partial charge in [0, 0.05) is 13.1 Å². The maximum absolute atomic E-state index is 3.28. The molecule has 0 aromatic carbocycles. The van der Waals surface area contributed by atoms with Crippen LogP contribution in [0.2, 0.25) is 0 Å². The second kappa shape index (κ2) is 4.30. The van der Waals surface area contributed by atoms with Gasteiger partial charge in [0.1, 0.15) is 0 Å². The number of nitrogens with one attached hydrogen (secondary N) is 2. The maximum Gasteiger partial charge on any atom is 0.0882 e. The predicted octanol–water partition coefficient (Wildman–Crippen LogP) is 1.38. The van der Waals surface area contributed by atoms with Crippen LogP contribution in [0.3, 0.4) is 0 Å². The summed E-state index contributed by atoms with van der Waals surface area (Å²) in [4.78, 5) is 0. The first kappa shape index (κ1) is 7.57. The minimum Gasteiger partial charge on any atom is -0.376 e. The van der Waals surface area contributed by atoms with Crippen molar-refractivity contribution in [3.63, 3.8) is 0 Å². The topological polar surface area (TPSA) is 24.1 Å². The molecule has 1 rings (SSSR count). The van der Waals surface area contributed by atoms with Crippen molar-refractivity contribution in [1.29, 1.82) is 0 Å². The third kappa shape index (κ3) is 2.37. The largest absolute Gasteiger partial charge is 0.376 e. The molecule has 3 heteroatoms. The van der Waals surface area contributed by atoms with Crippen LogP contribution in [0.4, 0.5) is 5.00 Å². The quantitative estimate of drug-likeness (QED) is 0.643. The Labute approximate surface area is 65.3 Å². The lowest BCUT2D eigenvalue weighted by molar-refractivity contribution is 0.825. The van der Waals surface area contributed by atoms with Gasteiger partial charge in [-0.05, 0) is 24.6 Å². The molecule has 0 amide bonds. The third-order valence-corrected chi connectivity index (χ3v) is 2.02. The summed E-state index contributed by atoms with van der Waals surface area (Å²) in [6.07, 6.45) is 0. The highest BCUT2D eigenvalue weighted by Crippen LogP contribution is 2.13. The van der Waals surface area contributed by atoms with Crippen molar-refractivity contribution in [2.24, 2.45) is 0 Å².